The molecule has 1 aliphatic heterocycles. The summed E-state index contributed by atoms with van der Waals surface area (Å²) < 4.78 is 0. The van der Waals surface area contributed by atoms with Crippen molar-refractivity contribution in [1.29, 1.82) is 0 Å². The van der Waals surface area contributed by atoms with Crippen LogP contribution in [-0.2, 0) is 4.79 Å². The molecule has 58 valence electrons. The van der Waals surface area contributed by atoms with Gasteiger partial charge in [-0.3, -0.25) is 4.79 Å². The Labute approximate surface area is 62.2 Å². The highest BCUT2D eigenvalue weighted by Gasteiger charge is 2.27. The summed E-state index contributed by atoms with van der Waals surface area (Å²) in [5.41, 5.74) is 0. The van der Waals surface area contributed by atoms with Gasteiger partial charge in [0.1, 0.15) is 0 Å². The predicted octanol–water partition coefficient (Wildman–Crippen LogP) is 1.26. The quantitative estimate of drug-likeness (QED) is 0.538. The van der Waals surface area contributed by atoms with Crippen LogP contribution in [-0.4, -0.2) is 23.4 Å². The molecule has 1 amide bonds. The summed E-state index contributed by atoms with van der Waals surface area (Å²) in [7, 11) is 0. The molecule has 1 heterocycles. The Morgan fingerprint density at radius 2 is 2.20 bits per heavy atom. The SMILES string of the molecule is CC(C)N1C[C@H](C)CC1=O. The van der Waals surface area contributed by atoms with E-state index in [0.717, 1.165) is 13.0 Å². The summed E-state index contributed by atoms with van der Waals surface area (Å²) in [5, 5.41) is 0. The van der Waals surface area contributed by atoms with Crippen LogP contribution in [0.25, 0.3) is 0 Å². The van der Waals surface area contributed by atoms with E-state index >= 15 is 0 Å². The largest absolute Gasteiger partial charge is 0.340 e. The van der Waals surface area contributed by atoms with Crippen LogP contribution in [0, 0.1) is 5.92 Å². The van der Waals surface area contributed by atoms with E-state index in [1.54, 1.807) is 0 Å². The topological polar surface area (TPSA) is 20.3 Å². The van der Waals surface area contributed by atoms with Crippen molar-refractivity contribution in [3.05, 3.63) is 0 Å². The van der Waals surface area contributed by atoms with Gasteiger partial charge in [0.25, 0.3) is 0 Å². The maximum Gasteiger partial charge on any atom is 0.223 e. The average Bonchev–Trinajstić information content (AvgIpc) is 2.10. The average molecular weight is 141 g/mol. The van der Waals surface area contributed by atoms with E-state index in [0.29, 0.717) is 17.9 Å². The van der Waals surface area contributed by atoms with E-state index in [1.165, 1.54) is 0 Å². The molecule has 0 aromatic heterocycles. The van der Waals surface area contributed by atoms with Crippen molar-refractivity contribution in [2.24, 2.45) is 5.92 Å². The number of likely N-dealkylation sites (tertiary alicyclic amines) is 1. The summed E-state index contributed by atoms with van der Waals surface area (Å²) in [6.45, 7) is 7.21. The van der Waals surface area contributed by atoms with Gasteiger partial charge in [0.05, 0.1) is 0 Å². The molecule has 0 spiro atoms. The summed E-state index contributed by atoms with van der Waals surface area (Å²) in [6, 6.07) is 0.387. The maximum absolute atomic E-state index is 11.2. The van der Waals surface area contributed by atoms with Crippen LogP contribution >= 0.6 is 0 Å². The van der Waals surface area contributed by atoms with E-state index in [4.69, 9.17) is 0 Å². The number of amides is 1. The Hall–Kier alpha value is -0.530. The molecule has 0 saturated carbocycles. The fraction of sp³-hybridized carbons (Fsp3) is 0.875. The minimum Gasteiger partial charge on any atom is -0.340 e. The summed E-state index contributed by atoms with van der Waals surface area (Å²) >= 11 is 0. The molecule has 10 heavy (non-hydrogen) atoms. The van der Waals surface area contributed by atoms with Gasteiger partial charge in [0.15, 0.2) is 0 Å². The molecule has 2 nitrogen and oxygen atoms in total. The minimum atomic E-state index is 0.322. The summed E-state index contributed by atoms with van der Waals surface area (Å²) in [6.07, 6.45) is 0.748. The molecule has 0 unspecified atom stereocenters. The second-order valence-electron chi connectivity index (χ2n) is 3.45. The molecule has 1 rings (SSSR count). The van der Waals surface area contributed by atoms with Crippen LogP contribution in [0.4, 0.5) is 0 Å². The zero-order valence-corrected chi connectivity index (χ0v) is 6.92. The van der Waals surface area contributed by atoms with E-state index in [1.807, 2.05) is 4.90 Å². The number of nitrogens with zero attached hydrogens (tertiary/aromatic N) is 1. The smallest absolute Gasteiger partial charge is 0.223 e. The van der Waals surface area contributed by atoms with Gasteiger partial charge in [-0.05, 0) is 19.8 Å². The van der Waals surface area contributed by atoms with Crippen LogP contribution in [0.1, 0.15) is 27.2 Å². The van der Waals surface area contributed by atoms with Crippen LogP contribution in [0.2, 0.25) is 0 Å². The van der Waals surface area contributed by atoms with Crippen LogP contribution in [0.15, 0.2) is 0 Å². The second-order valence-corrected chi connectivity index (χ2v) is 3.45. The van der Waals surface area contributed by atoms with Gasteiger partial charge < -0.3 is 4.90 Å². The van der Waals surface area contributed by atoms with Gasteiger partial charge in [-0.25, -0.2) is 0 Å². The number of carbonyl (C=O) groups excluding carboxylic acids is 1. The highest BCUT2D eigenvalue weighted by atomic mass is 16.2. The van der Waals surface area contributed by atoms with Crippen LogP contribution in [0.3, 0.4) is 0 Å². The molecule has 0 bridgehead atoms. The monoisotopic (exact) mass is 141 g/mol. The van der Waals surface area contributed by atoms with Crippen molar-refractivity contribution < 1.29 is 4.79 Å². The zero-order chi connectivity index (χ0) is 7.72. The Balaban J connectivity index is 2.55. The molecule has 1 fully saturated rings. The Kier molecular flexibility index (Phi) is 1.97. The normalized spacial score (nSPS) is 26.6. The number of hydrogen-bond acceptors (Lipinski definition) is 1. The number of hydrogen-bond donors (Lipinski definition) is 0. The van der Waals surface area contributed by atoms with E-state index in [9.17, 15) is 4.79 Å². The van der Waals surface area contributed by atoms with Gasteiger partial charge in [-0.1, -0.05) is 6.92 Å². The third-order valence-electron chi connectivity index (χ3n) is 1.98. The molecule has 0 aromatic rings. The lowest BCUT2D eigenvalue weighted by atomic mass is 10.2. The third kappa shape index (κ3) is 1.31. The first-order valence-corrected chi connectivity index (χ1v) is 3.90. The van der Waals surface area contributed by atoms with Crippen molar-refractivity contribution >= 4 is 5.91 Å². The number of carbonyl (C=O) groups is 1. The zero-order valence-electron chi connectivity index (χ0n) is 6.92. The van der Waals surface area contributed by atoms with E-state index in [2.05, 4.69) is 20.8 Å². The van der Waals surface area contributed by atoms with Crippen LogP contribution in [0.5, 0.6) is 0 Å². The Morgan fingerprint density at radius 1 is 1.60 bits per heavy atom. The lowest BCUT2D eigenvalue weighted by Gasteiger charge is -2.20. The van der Waals surface area contributed by atoms with Gasteiger partial charge in [0.2, 0.25) is 5.91 Å². The molecule has 1 aliphatic rings. The van der Waals surface area contributed by atoms with Gasteiger partial charge in [0, 0.05) is 19.0 Å². The number of rotatable bonds is 1. The maximum atomic E-state index is 11.2. The fourth-order valence-corrected chi connectivity index (χ4v) is 1.42. The van der Waals surface area contributed by atoms with Gasteiger partial charge >= 0.3 is 0 Å². The van der Waals surface area contributed by atoms with Gasteiger partial charge in [-0.2, -0.15) is 0 Å². The van der Waals surface area contributed by atoms with E-state index < -0.39 is 0 Å². The first kappa shape index (κ1) is 7.58. The summed E-state index contributed by atoms with van der Waals surface area (Å²) in [5.74, 6) is 0.886. The molecule has 0 aliphatic carbocycles. The first-order chi connectivity index (χ1) is 4.61. The summed E-state index contributed by atoms with van der Waals surface area (Å²) in [4.78, 5) is 13.1. The van der Waals surface area contributed by atoms with Crippen LogP contribution < -0.4 is 0 Å². The molecule has 1 atom stereocenters. The molecular weight excluding hydrogens is 126 g/mol. The van der Waals surface area contributed by atoms with Crippen molar-refractivity contribution in [1.82, 2.24) is 4.90 Å². The molecule has 0 radical (unpaired) electrons. The van der Waals surface area contributed by atoms with Crippen molar-refractivity contribution in [2.45, 2.75) is 33.2 Å². The molecule has 0 N–H and O–H groups in total. The molecule has 2 heteroatoms. The molecule has 0 aromatic carbocycles. The highest BCUT2D eigenvalue weighted by Crippen LogP contribution is 2.18. The second kappa shape index (κ2) is 2.60. The minimum absolute atomic E-state index is 0.322. The predicted molar refractivity (Wildman–Crippen MR) is 40.6 cm³/mol. The standard InChI is InChI=1S/C8H15NO/c1-6(2)9-5-7(3)4-8(9)10/h6-7H,4-5H2,1-3H3/t7-/m1/s1. The highest BCUT2D eigenvalue weighted by molar-refractivity contribution is 5.78. The first-order valence-electron chi connectivity index (χ1n) is 3.90. The Morgan fingerprint density at radius 3 is 2.40 bits per heavy atom. The third-order valence-corrected chi connectivity index (χ3v) is 1.98. The molecule has 1 saturated heterocycles. The van der Waals surface area contributed by atoms with Crippen molar-refractivity contribution in [3.8, 4) is 0 Å². The van der Waals surface area contributed by atoms with Gasteiger partial charge in [-0.15, -0.1) is 0 Å². The lowest BCUT2D eigenvalue weighted by molar-refractivity contribution is -0.129. The molecular formula is C8H15NO. The lowest BCUT2D eigenvalue weighted by Crippen LogP contribution is -2.31. The fourth-order valence-electron chi connectivity index (χ4n) is 1.42. The van der Waals surface area contributed by atoms with E-state index in [-0.39, 0.29) is 0 Å². The van der Waals surface area contributed by atoms with Crippen molar-refractivity contribution in [3.63, 3.8) is 0 Å². The van der Waals surface area contributed by atoms with Crippen molar-refractivity contribution in [2.75, 3.05) is 6.54 Å². The Bertz CT molecular complexity index is 142.